The van der Waals surface area contributed by atoms with Gasteiger partial charge < -0.3 is 19.2 Å². The van der Waals surface area contributed by atoms with Crippen LogP contribution in [0, 0.1) is 6.92 Å². The van der Waals surface area contributed by atoms with Crippen molar-refractivity contribution in [2.75, 3.05) is 20.8 Å². The van der Waals surface area contributed by atoms with Crippen LogP contribution in [0.4, 0.5) is 0 Å². The average Bonchev–Trinajstić information content (AvgIpc) is 3.05. The summed E-state index contributed by atoms with van der Waals surface area (Å²) in [6.45, 7) is 2.54. The molecular formula is C19H21N3O3. The number of rotatable bonds is 6. The minimum absolute atomic E-state index is 0.152. The zero-order chi connectivity index (χ0) is 17.8. The molecule has 0 saturated carbocycles. The Balaban J connectivity index is 1.63. The van der Waals surface area contributed by atoms with E-state index in [1.807, 2.05) is 35.9 Å². The van der Waals surface area contributed by atoms with E-state index in [4.69, 9.17) is 9.47 Å². The zero-order valence-corrected chi connectivity index (χ0v) is 14.6. The summed E-state index contributed by atoms with van der Waals surface area (Å²) in [5.74, 6) is 0.978. The lowest BCUT2D eigenvalue weighted by Gasteiger charge is -2.09. The summed E-state index contributed by atoms with van der Waals surface area (Å²) in [7, 11) is 3.11. The normalized spacial score (nSPS) is 10.7. The molecule has 0 fully saturated rings. The molecule has 0 aliphatic rings. The highest BCUT2D eigenvalue weighted by Gasteiger charge is 2.11. The van der Waals surface area contributed by atoms with Crippen molar-refractivity contribution >= 4 is 11.6 Å². The zero-order valence-electron chi connectivity index (χ0n) is 14.6. The third kappa shape index (κ3) is 3.57. The Morgan fingerprint density at radius 1 is 1.20 bits per heavy atom. The van der Waals surface area contributed by atoms with E-state index >= 15 is 0 Å². The largest absolute Gasteiger partial charge is 0.493 e. The van der Waals surface area contributed by atoms with Crippen LogP contribution in [0.25, 0.3) is 5.65 Å². The number of nitrogens with zero attached hydrogens (tertiary/aromatic N) is 2. The summed E-state index contributed by atoms with van der Waals surface area (Å²) in [5.41, 5.74) is 3.55. The van der Waals surface area contributed by atoms with Gasteiger partial charge in [0, 0.05) is 30.9 Å². The molecule has 0 atom stereocenters. The van der Waals surface area contributed by atoms with E-state index in [1.54, 1.807) is 32.4 Å². The number of carbonyl (C=O) groups excluding carboxylic acids is 1. The van der Waals surface area contributed by atoms with Gasteiger partial charge in [-0.2, -0.15) is 0 Å². The van der Waals surface area contributed by atoms with E-state index < -0.39 is 0 Å². The maximum atomic E-state index is 12.3. The molecular weight excluding hydrogens is 318 g/mol. The summed E-state index contributed by atoms with van der Waals surface area (Å²) in [6.07, 6.45) is 4.63. The van der Waals surface area contributed by atoms with Crippen molar-refractivity contribution < 1.29 is 14.3 Å². The summed E-state index contributed by atoms with van der Waals surface area (Å²) in [4.78, 5) is 16.9. The fourth-order valence-electron chi connectivity index (χ4n) is 2.71. The lowest BCUT2D eigenvalue weighted by molar-refractivity contribution is 0.0953. The fraction of sp³-hybridized carbons (Fsp3) is 0.263. The number of aryl methyl sites for hydroxylation is 1. The summed E-state index contributed by atoms with van der Waals surface area (Å²) in [6, 6.07) is 9.13. The molecule has 3 aromatic rings. The molecule has 1 amide bonds. The van der Waals surface area contributed by atoms with Gasteiger partial charge in [-0.25, -0.2) is 4.98 Å². The van der Waals surface area contributed by atoms with Gasteiger partial charge in [0.25, 0.3) is 5.91 Å². The van der Waals surface area contributed by atoms with E-state index in [0.29, 0.717) is 30.0 Å². The number of hydrogen-bond acceptors (Lipinski definition) is 4. The highest BCUT2D eigenvalue weighted by atomic mass is 16.5. The van der Waals surface area contributed by atoms with Gasteiger partial charge in [0.2, 0.25) is 0 Å². The number of ether oxygens (including phenoxy) is 2. The average molecular weight is 339 g/mol. The second-order valence-electron chi connectivity index (χ2n) is 5.73. The third-order valence-corrected chi connectivity index (χ3v) is 4.04. The number of benzene rings is 1. The van der Waals surface area contributed by atoms with Gasteiger partial charge in [-0.05, 0) is 36.8 Å². The van der Waals surface area contributed by atoms with Crippen LogP contribution < -0.4 is 14.8 Å². The van der Waals surface area contributed by atoms with Crippen molar-refractivity contribution in [3.05, 3.63) is 59.5 Å². The highest BCUT2D eigenvalue weighted by molar-refractivity contribution is 5.94. The van der Waals surface area contributed by atoms with Gasteiger partial charge in [-0.3, -0.25) is 4.79 Å². The number of hydrogen-bond donors (Lipinski definition) is 1. The number of nitrogens with one attached hydrogen (secondary N) is 1. The first kappa shape index (κ1) is 16.8. The van der Waals surface area contributed by atoms with Crippen LogP contribution >= 0.6 is 0 Å². The Hall–Kier alpha value is -3.02. The lowest BCUT2D eigenvalue weighted by atomic mass is 10.2. The standard InChI is InChI=1S/C19H21N3O3/c1-13-5-4-10-22-12-15(21-18(13)22)8-9-20-19(23)14-6-7-16(24-2)17(11-14)25-3/h4-7,10-12H,8-9H2,1-3H3,(H,20,23). The van der Waals surface area contributed by atoms with Gasteiger partial charge >= 0.3 is 0 Å². The van der Waals surface area contributed by atoms with Crippen molar-refractivity contribution in [2.45, 2.75) is 13.3 Å². The molecule has 6 nitrogen and oxygen atoms in total. The molecule has 0 saturated heterocycles. The van der Waals surface area contributed by atoms with Gasteiger partial charge in [-0.1, -0.05) is 6.07 Å². The van der Waals surface area contributed by atoms with Crippen molar-refractivity contribution in [3.8, 4) is 11.5 Å². The summed E-state index contributed by atoms with van der Waals surface area (Å²) >= 11 is 0. The number of pyridine rings is 1. The monoisotopic (exact) mass is 339 g/mol. The lowest BCUT2D eigenvalue weighted by Crippen LogP contribution is -2.25. The minimum atomic E-state index is -0.152. The second-order valence-corrected chi connectivity index (χ2v) is 5.73. The van der Waals surface area contributed by atoms with Crippen molar-refractivity contribution in [3.63, 3.8) is 0 Å². The number of carbonyl (C=O) groups is 1. The quantitative estimate of drug-likeness (QED) is 0.750. The van der Waals surface area contributed by atoms with E-state index in [9.17, 15) is 4.79 Å². The third-order valence-electron chi connectivity index (χ3n) is 4.04. The smallest absolute Gasteiger partial charge is 0.251 e. The molecule has 0 aliphatic carbocycles. The first-order valence-corrected chi connectivity index (χ1v) is 8.06. The summed E-state index contributed by atoms with van der Waals surface area (Å²) in [5, 5.41) is 2.91. The topological polar surface area (TPSA) is 64.9 Å². The molecule has 2 heterocycles. The first-order chi connectivity index (χ1) is 12.1. The maximum absolute atomic E-state index is 12.3. The van der Waals surface area contributed by atoms with Crippen LogP contribution in [0.15, 0.2) is 42.7 Å². The molecule has 1 N–H and O–H groups in total. The van der Waals surface area contributed by atoms with E-state index in [1.165, 1.54) is 0 Å². The SMILES string of the molecule is COc1ccc(C(=O)NCCc2cn3cccc(C)c3n2)cc1OC. The van der Waals surface area contributed by atoms with Crippen LogP contribution in [-0.2, 0) is 6.42 Å². The van der Waals surface area contributed by atoms with E-state index in [-0.39, 0.29) is 5.91 Å². The molecule has 25 heavy (non-hydrogen) atoms. The first-order valence-electron chi connectivity index (χ1n) is 8.06. The molecule has 3 rings (SSSR count). The van der Waals surface area contributed by atoms with Crippen LogP contribution in [0.3, 0.4) is 0 Å². The minimum Gasteiger partial charge on any atom is -0.493 e. The van der Waals surface area contributed by atoms with Crippen LogP contribution in [0.1, 0.15) is 21.6 Å². The molecule has 0 unspecified atom stereocenters. The Kier molecular flexibility index (Phi) is 4.88. The molecule has 0 spiro atoms. The van der Waals surface area contributed by atoms with Gasteiger partial charge in [0.1, 0.15) is 5.65 Å². The molecule has 0 aliphatic heterocycles. The van der Waals surface area contributed by atoms with Gasteiger partial charge in [-0.15, -0.1) is 0 Å². The maximum Gasteiger partial charge on any atom is 0.251 e. The molecule has 6 heteroatoms. The van der Waals surface area contributed by atoms with Gasteiger partial charge in [0.05, 0.1) is 19.9 Å². The second kappa shape index (κ2) is 7.25. The van der Waals surface area contributed by atoms with Crippen LogP contribution in [-0.4, -0.2) is 36.1 Å². The Bertz CT molecular complexity index is 902. The number of fused-ring (bicyclic) bond motifs is 1. The molecule has 2 aromatic heterocycles. The molecule has 1 aromatic carbocycles. The van der Waals surface area contributed by atoms with E-state index in [0.717, 1.165) is 16.9 Å². The Morgan fingerprint density at radius 2 is 2.00 bits per heavy atom. The fourth-order valence-corrected chi connectivity index (χ4v) is 2.71. The predicted molar refractivity (Wildman–Crippen MR) is 95.5 cm³/mol. The van der Waals surface area contributed by atoms with E-state index in [2.05, 4.69) is 10.3 Å². The van der Waals surface area contributed by atoms with Crippen LogP contribution in [0.5, 0.6) is 11.5 Å². The number of aromatic nitrogens is 2. The number of amides is 1. The Morgan fingerprint density at radius 3 is 2.72 bits per heavy atom. The molecule has 130 valence electrons. The van der Waals surface area contributed by atoms with Crippen LogP contribution in [0.2, 0.25) is 0 Å². The summed E-state index contributed by atoms with van der Waals surface area (Å²) < 4.78 is 12.4. The number of imidazole rings is 1. The van der Waals surface area contributed by atoms with Crippen molar-refractivity contribution in [1.29, 1.82) is 0 Å². The van der Waals surface area contributed by atoms with Crippen molar-refractivity contribution in [2.24, 2.45) is 0 Å². The highest BCUT2D eigenvalue weighted by Crippen LogP contribution is 2.27. The van der Waals surface area contributed by atoms with Crippen molar-refractivity contribution in [1.82, 2.24) is 14.7 Å². The predicted octanol–water partition coefficient (Wildman–Crippen LogP) is 2.63. The Labute approximate surface area is 146 Å². The molecule has 0 radical (unpaired) electrons. The van der Waals surface area contributed by atoms with Gasteiger partial charge in [0.15, 0.2) is 11.5 Å². The molecule has 0 bridgehead atoms. The number of methoxy groups -OCH3 is 2.